The maximum absolute atomic E-state index is 5.86. The normalized spacial score (nSPS) is 13.2. The van der Waals surface area contributed by atoms with Crippen LogP contribution in [0.2, 0.25) is 0 Å². The molecule has 1 rings (SSSR count). The van der Waals surface area contributed by atoms with Gasteiger partial charge in [-0.1, -0.05) is 6.92 Å². The lowest BCUT2D eigenvalue weighted by Crippen LogP contribution is -2.23. The van der Waals surface area contributed by atoms with Crippen LogP contribution >= 0.6 is 0 Å². The Hall–Kier alpha value is -0.900. The lowest BCUT2D eigenvalue weighted by molar-refractivity contribution is 0.586. The zero-order chi connectivity index (χ0) is 9.84. The molecular weight excluding hydrogens is 164 g/mol. The van der Waals surface area contributed by atoms with E-state index in [0.29, 0.717) is 0 Å². The minimum Gasteiger partial charge on any atom is -0.327 e. The van der Waals surface area contributed by atoms with Crippen LogP contribution in [0.1, 0.15) is 31.9 Å². The highest BCUT2D eigenvalue weighted by Crippen LogP contribution is 2.04. The van der Waals surface area contributed by atoms with Gasteiger partial charge in [-0.05, 0) is 20.3 Å². The van der Waals surface area contributed by atoms with Crippen molar-refractivity contribution >= 4 is 0 Å². The van der Waals surface area contributed by atoms with Gasteiger partial charge in [-0.15, -0.1) is 10.2 Å². The summed E-state index contributed by atoms with van der Waals surface area (Å²) in [5, 5.41) is 8.14. The topological polar surface area (TPSA) is 56.7 Å². The van der Waals surface area contributed by atoms with Gasteiger partial charge in [0.25, 0.3) is 0 Å². The summed E-state index contributed by atoms with van der Waals surface area (Å²) in [7, 11) is 0. The van der Waals surface area contributed by atoms with Gasteiger partial charge in [-0.2, -0.15) is 0 Å². The number of nitrogens with two attached hydrogens (primary N) is 1. The number of nitrogens with zero attached hydrogens (tertiary/aromatic N) is 3. The highest BCUT2D eigenvalue weighted by Gasteiger charge is 2.09. The Kier molecular flexibility index (Phi) is 3.42. The van der Waals surface area contributed by atoms with E-state index < -0.39 is 0 Å². The van der Waals surface area contributed by atoms with E-state index in [1.165, 1.54) is 0 Å². The summed E-state index contributed by atoms with van der Waals surface area (Å²) in [5.41, 5.74) is 5.86. The fourth-order valence-electron chi connectivity index (χ4n) is 1.37. The predicted molar refractivity (Wildman–Crippen MR) is 52.4 cm³/mol. The van der Waals surface area contributed by atoms with Gasteiger partial charge >= 0.3 is 0 Å². The van der Waals surface area contributed by atoms with Crippen LogP contribution in [0.5, 0.6) is 0 Å². The van der Waals surface area contributed by atoms with E-state index in [-0.39, 0.29) is 6.04 Å². The summed E-state index contributed by atoms with van der Waals surface area (Å²) in [4.78, 5) is 0. The van der Waals surface area contributed by atoms with Crippen LogP contribution in [0.4, 0.5) is 0 Å². The Morgan fingerprint density at radius 1 is 1.38 bits per heavy atom. The standard InChI is InChI=1S/C9H18N4/c1-4-8(10)6-9-12-11-7(3)13(9)5-2/h8H,4-6,10H2,1-3H3. The molecule has 2 N–H and O–H groups in total. The molecule has 4 heteroatoms. The van der Waals surface area contributed by atoms with Gasteiger partial charge in [-0.3, -0.25) is 0 Å². The first kappa shape index (κ1) is 10.2. The van der Waals surface area contributed by atoms with Gasteiger partial charge in [0, 0.05) is 19.0 Å². The van der Waals surface area contributed by atoms with Crippen LogP contribution in [-0.2, 0) is 13.0 Å². The van der Waals surface area contributed by atoms with Crippen LogP contribution in [0.3, 0.4) is 0 Å². The van der Waals surface area contributed by atoms with Gasteiger partial charge < -0.3 is 10.3 Å². The predicted octanol–water partition coefficient (Wildman–Crippen LogP) is 0.886. The number of aryl methyl sites for hydroxylation is 1. The third-order valence-corrected chi connectivity index (χ3v) is 2.30. The fraction of sp³-hybridized carbons (Fsp3) is 0.778. The summed E-state index contributed by atoms with van der Waals surface area (Å²) >= 11 is 0. The zero-order valence-corrected chi connectivity index (χ0v) is 8.62. The molecule has 1 atom stereocenters. The molecule has 1 heterocycles. The third kappa shape index (κ3) is 2.28. The fourth-order valence-corrected chi connectivity index (χ4v) is 1.37. The SMILES string of the molecule is CCC(N)Cc1nnc(C)n1CC. The molecule has 0 saturated carbocycles. The second kappa shape index (κ2) is 4.37. The molecule has 1 unspecified atom stereocenters. The highest BCUT2D eigenvalue weighted by atomic mass is 15.3. The van der Waals surface area contributed by atoms with Crippen molar-refractivity contribution in [1.82, 2.24) is 14.8 Å². The van der Waals surface area contributed by atoms with Crippen molar-refractivity contribution in [1.29, 1.82) is 0 Å². The van der Waals surface area contributed by atoms with E-state index in [2.05, 4.69) is 28.6 Å². The summed E-state index contributed by atoms with van der Waals surface area (Å²) in [6, 6.07) is 0.203. The van der Waals surface area contributed by atoms with Crippen molar-refractivity contribution in [2.24, 2.45) is 5.73 Å². The molecule has 0 fully saturated rings. The first-order valence-corrected chi connectivity index (χ1v) is 4.83. The molecule has 1 aromatic rings. The van der Waals surface area contributed by atoms with Crippen LogP contribution in [0.25, 0.3) is 0 Å². The molecule has 0 aliphatic carbocycles. The van der Waals surface area contributed by atoms with Gasteiger partial charge in [-0.25, -0.2) is 0 Å². The zero-order valence-electron chi connectivity index (χ0n) is 8.62. The summed E-state index contributed by atoms with van der Waals surface area (Å²) in [6.07, 6.45) is 1.81. The van der Waals surface area contributed by atoms with Gasteiger partial charge in [0.1, 0.15) is 11.6 Å². The average Bonchev–Trinajstić information content (AvgIpc) is 2.46. The Bertz CT molecular complexity index is 267. The second-order valence-corrected chi connectivity index (χ2v) is 3.28. The Balaban J connectivity index is 2.76. The van der Waals surface area contributed by atoms with E-state index in [9.17, 15) is 0 Å². The molecule has 74 valence electrons. The number of aromatic nitrogens is 3. The maximum atomic E-state index is 5.86. The molecule has 0 aromatic carbocycles. The highest BCUT2D eigenvalue weighted by molar-refractivity contribution is 4.95. The lowest BCUT2D eigenvalue weighted by atomic mass is 10.1. The number of hydrogen-bond donors (Lipinski definition) is 1. The van der Waals surface area contributed by atoms with Crippen molar-refractivity contribution < 1.29 is 0 Å². The molecule has 0 radical (unpaired) electrons. The number of rotatable bonds is 4. The van der Waals surface area contributed by atoms with E-state index in [1.807, 2.05) is 6.92 Å². The third-order valence-electron chi connectivity index (χ3n) is 2.30. The summed E-state index contributed by atoms with van der Waals surface area (Å²) < 4.78 is 2.11. The van der Waals surface area contributed by atoms with E-state index in [4.69, 9.17) is 5.73 Å². The monoisotopic (exact) mass is 182 g/mol. The van der Waals surface area contributed by atoms with Gasteiger partial charge in [0.05, 0.1) is 0 Å². The molecule has 4 nitrogen and oxygen atoms in total. The molecule has 13 heavy (non-hydrogen) atoms. The van der Waals surface area contributed by atoms with Crippen molar-refractivity contribution in [2.75, 3.05) is 0 Å². The van der Waals surface area contributed by atoms with Crippen LogP contribution in [-0.4, -0.2) is 20.8 Å². The van der Waals surface area contributed by atoms with E-state index in [0.717, 1.165) is 31.0 Å². The van der Waals surface area contributed by atoms with Crippen molar-refractivity contribution in [3.8, 4) is 0 Å². The average molecular weight is 182 g/mol. The van der Waals surface area contributed by atoms with Crippen molar-refractivity contribution in [3.05, 3.63) is 11.6 Å². The molecule has 0 spiro atoms. The largest absolute Gasteiger partial charge is 0.327 e. The minimum atomic E-state index is 0.203. The Labute approximate surface area is 79.2 Å². The Morgan fingerprint density at radius 3 is 2.62 bits per heavy atom. The van der Waals surface area contributed by atoms with Crippen LogP contribution in [0, 0.1) is 6.92 Å². The molecule has 0 bridgehead atoms. The quantitative estimate of drug-likeness (QED) is 0.752. The van der Waals surface area contributed by atoms with Crippen molar-refractivity contribution in [3.63, 3.8) is 0 Å². The molecule has 0 aliphatic heterocycles. The molecule has 1 aromatic heterocycles. The number of hydrogen-bond acceptors (Lipinski definition) is 3. The van der Waals surface area contributed by atoms with Crippen LogP contribution in [0.15, 0.2) is 0 Å². The first-order valence-electron chi connectivity index (χ1n) is 4.83. The maximum Gasteiger partial charge on any atom is 0.134 e. The van der Waals surface area contributed by atoms with E-state index in [1.54, 1.807) is 0 Å². The molecule has 0 amide bonds. The lowest BCUT2D eigenvalue weighted by Gasteiger charge is -2.09. The second-order valence-electron chi connectivity index (χ2n) is 3.28. The smallest absolute Gasteiger partial charge is 0.134 e. The van der Waals surface area contributed by atoms with Gasteiger partial charge in [0.15, 0.2) is 0 Å². The minimum absolute atomic E-state index is 0.203. The van der Waals surface area contributed by atoms with E-state index >= 15 is 0 Å². The van der Waals surface area contributed by atoms with Crippen LogP contribution < -0.4 is 5.73 Å². The molecule has 0 aliphatic rings. The van der Waals surface area contributed by atoms with Crippen molar-refractivity contribution in [2.45, 2.75) is 46.2 Å². The Morgan fingerprint density at radius 2 is 2.08 bits per heavy atom. The van der Waals surface area contributed by atoms with Gasteiger partial charge in [0.2, 0.25) is 0 Å². The summed E-state index contributed by atoms with van der Waals surface area (Å²) in [6.45, 7) is 7.07. The summed E-state index contributed by atoms with van der Waals surface area (Å²) in [5.74, 6) is 1.98. The molecule has 0 saturated heterocycles. The molecular formula is C9H18N4. The first-order chi connectivity index (χ1) is 6.19.